The number of hydrogen-bond donors (Lipinski definition) is 1. The zero-order valence-electron chi connectivity index (χ0n) is 10.0. The molecule has 4 heteroatoms. The van der Waals surface area contributed by atoms with Gasteiger partial charge in [-0.25, -0.2) is 0 Å². The van der Waals surface area contributed by atoms with Crippen molar-refractivity contribution in [1.82, 2.24) is 0 Å². The Morgan fingerprint density at radius 1 is 1.22 bits per heavy atom. The predicted octanol–water partition coefficient (Wildman–Crippen LogP) is 4.33. The molecule has 0 aliphatic rings. The molecule has 0 bridgehead atoms. The lowest BCUT2D eigenvalue weighted by Gasteiger charge is -2.11. The minimum absolute atomic E-state index is 0.526. The van der Waals surface area contributed by atoms with Gasteiger partial charge in [0.1, 0.15) is 12.4 Å². The van der Waals surface area contributed by atoms with E-state index in [1.165, 1.54) is 0 Å². The normalized spacial score (nSPS) is 10.3. The summed E-state index contributed by atoms with van der Waals surface area (Å²) in [5, 5.41) is 0. The number of ether oxygens (including phenoxy) is 1. The van der Waals surface area contributed by atoms with Gasteiger partial charge in [0, 0.05) is 20.6 Å². The third-order valence-corrected chi connectivity index (χ3v) is 4.04. The van der Waals surface area contributed by atoms with Gasteiger partial charge in [-0.05, 0) is 30.5 Å². The molecule has 0 amide bonds. The van der Waals surface area contributed by atoms with E-state index in [9.17, 15) is 0 Å². The first-order valence-electron chi connectivity index (χ1n) is 5.50. The quantitative estimate of drug-likeness (QED) is 0.671. The van der Waals surface area contributed by atoms with Crippen molar-refractivity contribution in [3.8, 4) is 5.75 Å². The van der Waals surface area contributed by atoms with Crippen molar-refractivity contribution in [2.45, 2.75) is 11.5 Å². The second-order valence-corrected chi connectivity index (χ2v) is 5.49. The number of nitrogen functional groups attached to an aromatic ring is 1. The molecule has 2 N–H and O–H groups in total. The molecule has 0 saturated carbocycles. The van der Waals surface area contributed by atoms with E-state index < -0.39 is 0 Å². The van der Waals surface area contributed by atoms with Gasteiger partial charge in [0.25, 0.3) is 0 Å². The van der Waals surface area contributed by atoms with Crippen LogP contribution in [-0.4, -0.2) is 6.26 Å². The lowest BCUT2D eigenvalue weighted by molar-refractivity contribution is 0.298. The summed E-state index contributed by atoms with van der Waals surface area (Å²) in [4.78, 5) is 1.14. The van der Waals surface area contributed by atoms with E-state index >= 15 is 0 Å². The number of hydrogen-bond acceptors (Lipinski definition) is 3. The number of rotatable bonds is 4. The van der Waals surface area contributed by atoms with Crippen LogP contribution in [0.25, 0.3) is 0 Å². The molecule has 0 fully saturated rings. The summed E-state index contributed by atoms with van der Waals surface area (Å²) in [5.41, 5.74) is 7.54. The second-order valence-electron chi connectivity index (χ2n) is 3.79. The van der Waals surface area contributed by atoms with E-state index in [1.54, 1.807) is 11.8 Å². The van der Waals surface area contributed by atoms with Gasteiger partial charge in [-0.1, -0.05) is 34.1 Å². The van der Waals surface area contributed by atoms with Gasteiger partial charge in [0.2, 0.25) is 0 Å². The molecule has 2 rings (SSSR count). The molecular formula is C14H14BrNOS. The lowest BCUT2D eigenvalue weighted by Crippen LogP contribution is -1.98. The number of halogens is 1. The van der Waals surface area contributed by atoms with Crippen LogP contribution < -0.4 is 10.5 Å². The van der Waals surface area contributed by atoms with E-state index in [0.29, 0.717) is 6.61 Å². The fraction of sp³-hybridized carbons (Fsp3) is 0.143. The molecule has 0 radical (unpaired) electrons. The maximum absolute atomic E-state index is 5.84. The molecule has 2 aromatic rings. The first kappa shape index (κ1) is 13.3. The van der Waals surface area contributed by atoms with Gasteiger partial charge in [-0.2, -0.15) is 0 Å². The Kier molecular flexibility index (Phi) is 4.55. The summed E-state index contributed by atoms with van der Waals surface area (Å²) in [5.74, 6) is 0.911. The first-order chi connectivity index (χ1) is 8.70. The molecule has 0 spiro atoms. The number of nitrogens with two attached hydrogens (primary N) is 1. The molecular weight excluding hydrogens is 310 g/mol. The van der Waals surface area contributed by atoms with Crippen LogP contribution in [0.2, 0.25) is 0 Å². The Labute approximate surface area is 120 Å². The van der Waals surface area contributed by atoms with Gasteiger partial charge in [-0.15, -0.1) is 11.8 Å². The van der Waals surface area contributed by atoms with Crippen LogP contribution in [0, 0.1) is 0 Å². The summed E-state index contributed by atoms with van der Waals surface area (Å²) in [6.45, 7) is 0.526. The van der Waals surface area contributed by atoms with E-state index in [0.717, 1.165) is 26.4 Å². The van der Waals surface area contributed by atoms with Crippen LogP contribution in [0.1, 0.15) is 5.56 Å². The van der Waals surface area contributed by atoms with E-state index in [4.69, 9.17) is 10.5 Å². The van der Waals surface area contributed by atoms with Crippen molar-refractivity contribution in [3.63, 3.8) is 0 Å². The highest BCUT2D eigenvalue weighted by Crippen LogP contribution is 2.28. The Balaban J connectivity index is 2.11. The largest absolute Gasteiger partial charge is 0.488 e. The Morgan fingerprint density at radius 3 is 2.72 bits per heavy atom. The summed E-state index contributed by atoms with van der Waals surface area (Å²) in [6, 6.07) is 13.8. The highest BCUT2D eigenvalue weighted by atomic mass is 79.9. The standard InChI is InChI=1S/C14H14BrNOS/c1-18-14-5-3-2-4-13(14)17-9-10-6-7-11(16)8-12(10)15/h2-8H,9,16H2,1H3. The summed E-state index contributed by atoms with van der Waals surface area (Å²) < 4.78 is 6.82. The summed E-state index contributed by atoms with van der Waals surface area (Å²) >= 11 is 5.17. The van der Waals surface area contributed by atoms with Crippen molar-refractivity contribution in [3.05, 3.63) is 52.5 Å². The monoisotopic (exact) mass is 323 g/mol. The van der Waals surface area contributed by atoms with Crippen molar-refractivity contribution >= 4 is 33.4 Å². The average molecular weight is 324 g/mol. The number of benzene rings is 2. The Bertz CT molecular complexity index is 545. The number of para-hydroxylation sites is 1. The minimum Gasteiger partial charge on any atom is -0.488 e. The molecule has 2 aromatic carbocycles. The average Bonchev–Trinajstić information content (AvgIpc) is 2.38. The molecule has 0 heterocycles. The van der Waals surface area contributed by atoms with Crippen molar-refractivity contribution in [2.24, 2.45) is 0 Å². The van der Waals surface area contributed by atoms with Crippen molar-refractivity contribution < 1.29 is 4.74 Å². The highest BCUT2D eigenvalue weighted by molar-refractivity contribution is 9.10. The highest BCUT2D eigenvalue weighted by Gasteiger charge is 2.04. The molecule has 0 aliphatic heterocycles. The molecule has 0 unspecified atom stereocenters. The summed E-state index contributed by atoms with van der Waals surface area (Å²) in [7, 11) is 0. The third-order valence-electron chi connectivity index (χ3n) is 2.53. The van der Waals surface area contributed by atoms with Gasteiger partial charge >= 0.3 is 0 Å². The lowest BCUT2D eigenvalue weighted by atomic mass is 10.2. The van der Waals surface area contributed by atoms with Crippen LogP contribution in [0.5, 0.6) is 5.75 Å². The third kappa shape index (κ3) is 3.21. The summed E-state index contributed by atoms with van der Waals surface area (Å²) in [6.07, 6.45) is 2.04. The number of thioether (sulfide) groups is 1. The van der Waals surface area contributed by atoms with E-state index in [1.807, 2.05) is 42.7 Å². The van der Waals surface area contributed by atoms with Crippen LogP contribution in [0.15, 0.2) is 51.8 Å². The SMILES string of the molecule is CSc1ccccc1OCc1ccc(N)cc1Br. The zero-order chi connectivity index (χ0) is 13.0. The zero-order valence-corrected chi connectivity index (χ0v) is 12.4. The molecule has 0 saturated heterocycles. The van der Waals surface area contributed by atoms with Gasteiger partial charge in [0.05, 0.1) is 0 Å². The predicted molar refractivity (Wildman–Crippen MR) is 81.1 cm³/mol. The maximum Gasteiger partial charge on any atom is 0.133 e. The molecule has 0 aromatic heterocycles. The maximum atomic E-state index is 5.84. The van der Waals surface area contributed by atoms with Crippen molar-refractivity contribution in [1.29, 1.82) is 0 Å². The van der Waals surface area contributed by atoms with Crippen LogP contribution in [0.4, 0.5) is 5.69 Å². The Hall–Kier alpha value is -1.13. The number of anilines is 1. The van der Waals surface area contributed by atoms with Crippen molar-refractivity contribution in [2.75, 3.05) is 12.0 Å². The molecule has 94 valence electrons. The van der Waals surface area contributed by atoms with Crippen LogP contribution in [-0.2, 0) is 6.61 Å². The Morgan fingerprint density at radius 2 is 2.00 bits per heavy atom. The molecule has 0 aliphatic carbocycles. The van der Waals surface area contributed by atoms with Crippen LogP contribution in [0.3, 0.4) is 0 Å². The van der Waals surface area contributed by atoms with Crippen LogP contribution >= 0.6 is 27.7 Å². The minimum atomic E-state index is 0.526. The molecule has 0 atom stereocenters. The fourth-order valence-corrected chi connectivity index (χ4v) is 2.63. The van der Waals surface area contributed by atoms with E-state index in [2.05, 4.69) is 22.0 Å². The van der Waals surface area contributed by atoms with Gasteiger partial charge < -0.3 is 10.5 Å². The second kappa shape index (κ2) is 6.16. The molecule has 18 heavy (non-hydrogen) atoms. The topological polar surface area (TPSA) is 35.2 Å². The first-order valence-corrected chi connectivity index (χ1v) is 7.52. The van der Waals surface area contributed by atoms with E-state index in [-0.39, 0.29) is 0 Å². The van der Waals surface area contributed by atoms with Gasteiger partial charge in [0.15, 0.2) is 0 Å². The van der Waals surface area contributed by atoms with Gasteiger partial charge in [-0.3, -0.25) is 0 Å². The fourth-order valence-electron chi connectivity index (χ4n) is 1.57. The smallest absolute Gasteiger partial charge is 0.133 e. The molecule has 2 nitrogen and oxygen atoms in total.